The number of nitrogens with zero attached hydrogens (tertiary/aromatic N) is 3. The van der Waals surface area contributed by atoms with Crippen LogP contribution in [-0.4, -0.2) is 24.1 Å². The van der Waals surface area contributed by atoms with E-state index in [2.05, 4.69) is 9.97 Å². The quantitative estimate of drug-likeness (QED) is 0.674. The van der Waals surface area contributed by atoms with Crippen LogP contribution < -0.4 is 4.90 Å². The Morgan fingerprint density at radius 1 is 1.15 bits per heavy atom. The Labute approximate surface area is 73.2 Å². The van der Waals surface area contributed by atoms with Crippen molar-refractivity contribution in [3.8, 4) is 0 Å². The second kappa shape index (κ2) is 3.20. The van der Waals surface area contributed by atoms with Crippen LogP contribution in [-0.2, 0) is 6.18 Å². The molecule has 0 amide bonds. The van der Waals surface area contributed by atoms with Crippen molar-refractivity contribution in [2.24, 2.45) is 0 Å². The molecule has 0 N–H and O–H groups in total. The van der Waals surface area contributed by atoms with Gasteiger partial charge in [-0.05, 0) is 0 Å². The molecule has 0 spiro atoms. The number of aromatic nitrogens is 2. The molecule has 0 fully saturated rings. The highest BCUT2D eigenvalue weighted by atomic mass is 19.4. The molecule has 1 heterocycles. The minimum atomic E-state index is -4.47. The Morgan fingerprint density at radius 2 is 1.62 bits per heavy atom. The van der Waals surface area contributed by atoms with Crippen molar-refractivity contribution in [1.29, 1.82) is 0 Å². The van der Waals surface area contributed by atoms with Crippen molar-refractivity contribution in [3.63, 3.8) is 0 Å². The van der Waals surface area contributed by atoms with Gasteiger partial charge in [0.2, 0.25) is 5.82 Å². The summed E-state index contributed by atoms with van der Waals surface area (Å²) in [5.41, 5.74) is 0.535. The summed E-state index contributed by atoms with van der Waals surface area (Å²) in [6, 6.07) is 0. The molecule has 0 aliphatic rings. The van der Waals surface area contributed by atoms with Gasteiger partial charge in [-0.1, -0.05) is 0 Å². The fourth-order valence-corrected chi connectivity index (χ4v) is 0.699. The molecule has 0 bridgehead atoms. The molecule has 13 heavy (non-hydrogen) atoms. The summed E-state index contributed by atoms with van der Waals surface area (Å²) < 4.78 is 35.9. The van der Waals surface area contributed by atoms with Gasteiger partial charge in [0.15, 0.2) is 0 Å². The monoisotopic (exact) mass is 191 g/mol. The van der Waals surface area contributed by atoms with Gasteiger partial charge in [0.05, 0.1) is 18.1 Å². The fraction of sp³-hybridized carbons (Fsp3) is 0.429. The van der Waals surface area contributed by atoms with Crippen LogP contribution in [0.5, 0.6) is 0 Å². The summed E-state index contributed by atoms with van der Waals surface area (Å²) in [5.74, 6) is -1.11. The molecule has 0 aliphatic heterocycles. The van der Waals surface area contributed by atoms with Gasteiger partial charge >= 0.3 is 6.18 Å². The summed E-state index contributed by atoms with van der Waals surface area (Å²) in [6.45, 7) is 0. The van der Waals surface area contributed by atoms with Crippen LogP contribution in [0.4, 0.5) is 18.9 Å². The molecule has 0 unspecified atom stereocenters. The number of rotatable bonds is 1. The van der Waals surface area contributed by atoms with Crippen LogP contribution >= 0.6 is 0 Å². The number of anilines is 1. The van der Waals surface area contributed by atoms with Gasteiger partial charge in [-0.15, -0.1) is 0 Å². The predicted molar refractivity (Wildman–Crippen MR) is 41.4 cm³/mol. The van der Waals surface area contributed by atoms with E-state index < -0.39 is 12.0 Å². The Balaban J connectivity index is 2.94. The normalized spacial score (nSPS) is 11.5. The minimum Gasteiger partial charge on any atom is -0.375 e. The molecule has 0 aliphatic carbocycles. The zero-order valence-corrected chi connectivity index (χ0v) is 7.13. The Kier molecular flexibility index (Phi) is 2.40. The third kappa shape index (κ3) is 2.30. The topological polar surface area (TPSA) is 29.0 Å². The second-order valence-electron chi connectivity index (χ2n) is 2.66. The maximum Gasteiger partial charge on any atom is 0.451 e. The van der Waals surface area contributed by atoms with Crippen LogP contribution in [0, 0.1) is 0 Å². The van der Waals surface area contributed by atoms with Gasteiger partial charge in [-0.3, -0.25) is 0 Å². The molecule has 0 saturated carbocycles. The van der Waals surface area contributed by atoms with Crippen molar-refractivity contribution >= 4 is 5.69 Å². The summed E-state index contributed by atoms with van der Waals surface area (Å²) in [6.07, 6.45) is -2.20. The molecule has 1 aromatic heterocycles. The lowest BCUT2D eigenvalue weighted by molar-refractivity contribution is -0.144. The lowest BCUT2D eigenvalue weighted by Gasteiger charge is -2.11. The lowest BCUT2D eigenvalue weighted by atomic mass is 10.4. The minimum absolute atomic E-state index is 0.535. The van der Waals surface area contributed by atoms with Gasteiger partial charge in [-0.25, -0.2) is 9.97 Å². The molecule has 0 aromatic carbocycles. The predicted octanol–water partition coefficient (Wildman–Crippen LogP) is 1.56. The number of halogens is 3. The second-order valence-corrected chi connectivity index (χ2v) is 2.66. The average Bonchev–Trinajstić information content (AvgIpc) is 2.03. The summed E-state index contributed by atoms with van der Waals surface area (Å²) >= 11 is 0. The van der Waals surface area contributed by atoms with E-state index in [1.165, 1.54) is 0 Å². The molecule has 3 nitrogen and oxygen atoms in total. The van der Waals surface area contributed by atoms with Crippen molar-refractivity contribution in [2.75, 3.05) is 19.0 Å². The summed E-state index contributed by atoms with van der Waals surface area (Å²) in [5, 5.41) is 0. The highest BCUT2D eigenvalue weighted by Gasteiger charge is 2.34. The fourth-order valence-electron chi connectivity index (χ4n) is 0.699. The van der Waals surface area contributed by atoms with Crippen molar-refractivity contribution in [1.82, 2.24) is 9.97 Å². The van der Waals surface area contributed by atoms with E-state index in [-0.39, 0.29) is 0 Å². The van der Waals surface area contributed by atoms with Gasteiger partial charge in [-0.2, -0.15) is 13.2 Å². The van der Waals surface area contributed by atoms with Crippen molar-refractivity contribution in [2.45, 2.75) is 6.18 Å². The molecular weight excluding hydrogens is 183 g/mol. The summed E-state index contributed by atoms with van der Waals surface area (Å²) in [7, 11) is 3.40. The van der Waals surface area contributed by atoms with Crippen LogP contribution in [0.25, 0.3) is 0 Å². The first-order valence-corrected chi connectivity index (χ1v) is 3.48. The van der Waals surface area contributed by atoms with E-state index in [0.717, 1.165) is 12.4 Å². The summed E-state index contributed by atoms with van der Waals surface area (Å²) in [4.78, 5) is 8.01. The van der Waals surface area contributed by atoms with E-state index in [9.17, 15) is 13.2 Å². The molecular formula is C7H8F3N3. The molecule has 0 radical (unpaired) electrons. The third-order valence-corrected chi connectivity index (χ3v) is 1.41. The van der Waals surface area contributed by atoms with Crippen molar-refractivity contribution < 1.29 is 13.2 Å². The largest absolute Gasteiger partial charge is 0.451 e. The van der Waals surface area contributed by atoms with Gasteiger partial charge < -0.3 is 4.90 Å². The van der Waals surface area contributed by atoms with Crippen molar-refractivity contribution in [3.05, 3.63) is 18.2 Å². The highest BCUT2D eigenvalue weighted by Crippen LogP contribution is 2.25. The van der Waals surface area contributed by atoms with E-state index in [1.54, 1.807) is 19.0 Å². The molecule has 0 saturated heterocycles. The maximum atomic E-state index is 12.0. The van der Waals surface area contributed by atoms with Crippen LogP contribution in [0.1, 0.15) is 5.82 Å². The van der Waals surface area contributed by atoms with Crippen LogP contribution in [0.15, 0.2) is 12.4 Å². The first-order chi connectivity index (χ1) is 5.91. The number of hydrogen-bond acceptors (Lipinski definition) is 3. The van der Waals surface area contributed by atoms with E-state index in [4.69, 9.17) is 0 Å². The highest BCUT2D eigenvalue weighted by molar-refractivity contribution is 5.39. The SMILES string of the molecule is CN(C)c1cnc(C(F)(F)F)nc1. The first-order valence-electron chi connectivity index (χ1n) is 3.48. The van der Waals surface area contributed by atoms with Crippen LogP contribution in [0.2, 0.25) is 0 Å². The van der Waals surface area contributed by atoms with Gasteiger partial charge in [0.25, 0.3) is 0 Å². The van der Waals surface area contributed by atoms with Gasteiger partial charge in [0.1, 0.15) is 0 Å². The lowest BCUT2D eigenvalue weighted by Crippen LogP contribution is -2.14. The third-order valence-electron chi connectivity index (χ3n) is 1.41. The van der Waals surface area contributed by atoms with Gasteiger partial charge in [0, 0.05) is 14.1 Å². The first kappa shape index (κ1) is 9.76. The smallest absolute Gasteiger partial charge is 0.375 e. The molecule has 72 valence electrons. The Morgan fingerprint density at radius 3 is 1.92 bits per heavy atom. The van der Waals surface area contributed by atoms with E-state index >= 15 is 0 Å². The van der Waals surface area contributed by atoms with E-state index in [1.807, 2.05) is 0 Å². The van der Waals surface area contributed by atoms with E-state index in [0.29, 0.717) is 5.69 Å². The molecule has 0 atom stereocenters. The number of alkyl halides is 3. The average molecular weight is 191 g/mol. The standard InChI is InChI=1S/C7H8F3N3/c1-13(2)5-3-11-6(12-4-5)7(8,9)10/h3-4H,1-2H3. The molecule has 1 rings (SSSR count). The maximum absolute atomic E-state index is 12.0. The molecule has 6 heteroatoms. The van der Waals surface area contributed by atoms with Crippen LogP contribution in [0.3, 0.4) is 0 Å². The Hall–Kier alpha value is -1.33. The zero-order valence-electron chi connectivity index (χ0n) is 7.13. The molecule has 1 aromatic rings. The zero-order chi connectivity index (χ0) is 10.1. The Bertz CT molecular complexity index is 278. The number of hydrogen-bond donors (Lipinski definition) is 0.